The lowest BCUT2D eigenvalue weighted by Crippen LogP contribution is -2.22. The molecule has 19 heavy (non-hydrogen) atoms. The maximum absolute atomic E-state index is 12.3. The van der Waals surface area contributed by atoms with Crippen LogP contribution in [-0.4, -0.2) is 10.4 Å². The molecule has 0 saturated heterocycles. The van der Waals surface area contributed by atoms with Gasteiger partial charge in [0.1, 0.15) is 0 Å². The normalized spacial score (nSPS) is 16.9. The first kappa shape index (κ1) is 12.9. The number of halogens is 1. The minimum Gasteiger partial charge on any atom is -0.340 e. The van der Waals surface area contributed by atoms with E-state index in [1.165, 1.54) is 24.6 Å². The number of nitrogens with zero attached hydrogens (tertiary/aromatic N) is 1. The number of aromatic nitrogens is 1. The number of carbonyl (C=O) groups is 1. The number of hydrogen-bond acceptors (Lipinski definition) is 1. The van der Waals surface area contributed by atoms with E-state index in [4.69, 9.17) is 0 Å². The Morgan fingerprint density at radius 2 is 2.00 bits per heavy atom. The van der Waals surface area contributed by atoms with E-state index in [-0.39, 0.29) is 0 Å². The van der Waals surface area contributed by atoms with E-state index in [1.54, 1.807) is 0 Å². The summed E-state index contributed by atoms with van der Waals surface area (Å²) in [5.74, 6) is 0.696. The summed E-state index contributed by atoms with van der Waals surface area (Å²) in [4.78, 5) is 12.3. The molecular formula is C16H18BrNO. The Labute approximate surface area is 121 Å². The lowest BCUT2D eigenvalue weighted by atomic mass is 9.86. The lowest BCUT2D eigenvalue weighted by Gasteiger charge is -2.20. The highest BCUT2D eigenvalue weighted by Gasteiger charge is 2.21. The maximum Gasteiger partial charge on any atom is 0.155 e. The monoisotopic (exact) mass is 319 g/mol. The highest BCUT2D eigenvalue weighted by Crippen LogP contribution is 2.26. The molecule has 0 N–H and O–H groups in total. The molecule has 3 rings (SSSR count). The summed E-state index contributed by atoms with van der Waals surface area (Å²) in [5.41, 5.74) is 1.15. The predicted octanol–water partition coefficient (Wildman–Crippen LogP) is 4.55. The first-order chi connectivity index (χ1) is 9.24. The first-order valence-electron chi connectivity index (χ1n) is 7.01. The smallest absolute Gasteiger partial charge is 0.155 e. The van der Waals surface area contributed by atoms with Gasteiger partial charge in [-0.2, -0.15) is 0 Å². The van der Waals surface area contributed by atoms with E-state index in [9.17, 15) is 4.79 Å². The molecule has 1 aromatic carbocycles. The number of ketones is 1. The zero-order valence-electron chi connectivity index (χ0n) is 10.9. The summed E-state index contributed by atoms with van der Waals surface area (Å²) >= 11 is 3.48. The summed E-state index contributed by atoms with van der Waals surface area (Å²) in [7, 11) is 0. The van der Waals surface area contributed by atoms with Crippen molar-refractivity contribution >= 4 is 32.6 Å². The van der Waals surface area contributed by atoms with E-state index in [0.29, 0.717) is 18.2 Å². The van der Waals surface area contributed by atoms with Crippen LogP contribution in [0.5, 0.6) is 0 Å². The third-order valence-electron chi connectivity index (χ3n) is 4.12. The second-order valence-electron chi connectivity index (χ2n) is 5.45. The van der Waals surface area contributed by atoms with Crippen LogP contribution in [0, 0.1) is 5.92 Å². The SMILES string of the molecule is O=C(Cn1ccc2cc(Br)ccc21)C1CCCCC1. The second-order valence-corrected chi connectivity index (χ2v) is 6.36. The van der Waals surface area contributed by atoms with Crippen LogP contribution in [-0.2, 0) is 11.3 Å². The summed E-state index contributed by atoms with van der Waals surface area (Å²) < 4.78 is 3.16. The van der Waals surface area contributed by atoms with E-state index in [0.717, 1.165) is 22.8 Å². The predicted molar refractivity (Wildman–Crippen MR) is 81.2 cm³/mol. The molecule has 1 fully saturated rings. The molecule has 0 aliphatic heterocycles. The zero-order valence-corrected chi connectivity index (χ0v) is 12.5. The number of hydrogen-bond donors (Lipinski definition) is 0. The Kier molecular flexibility index (Phi) is 3.74. The topological polar surface area (TPSA) is 22.0 Å². The maximum atomic E-state index is 12.3. The Balaban J connectivity index is 1.79. The molecule has 1 saturated carbocycles. The van der Waals surface area contributed by atoms with Crippen molar-refractivity contribution in [1.29, 1.82) is 0 Å². The molecule has 0 atom stereocenters. The van der Waals surface area contributed by atoms with Crippen molar-refractivity contribution in [3.05, 3.63) is 34.9 Å². The third-order valence-corrected chi connectivity index (χ3v) is 4.61. The van der Waals surface area contributed by atoms with Gasteiger partial charge in [-0.25, -0.2) is 0 Å². The van der Waals surface area contributed by atoms with E-state index in [1.807, 2.05) is 12.3 Å². The number of Topliss-reactive ketones (excluding diaryl/α,β-unsaturated/α-hetero) is 1. The van der Waals surface area contributed by atoms with Crippen LogP contribution in [0.4, 0.5) is 0 Å². The van der Waals surface area contributed by atoms with Gasteiger partial charge in [0, 0.05) is 27.5 Å². The van der Waals surface area contributed by atoms with Gasteiger partial charge in [-0.15, -0.1) is 0 Å². The van der Waals surface area contributed by atoms with Gasteiger partial charge >= 0.3 is 0 Å². The summed E-state index contributed by atoms with van der Waals surface area (Å²) in [6.45, 7) is 0.524. The molecular weight excluding hydrogens is 302 g/mol. The van der Waals surface area contributed by atoms with Gasteiger partial charge in [-0.1, -0.05) is 35.2 Å². The molecule has 0 amide bonds. The number of fused-ring (bicyclic) bond motifs is 1. The van der Waals surface area contributed by atoms with Crippen LogP contribution in [0.2, 0.25) is 0 Å². The van der Waals surface area contributed by atoms with Crippen molar-refractivity contribution in [3.63, 3.8) is 0 Å². The summed E-state index contributed by atoms with van der Waals surface area (Å²) in [6.07, 6.45) is 7.93. The van der Waals surface area contributed by atoms with Crippen LogP contribution < -0.4 is 0 Å². The van der Waals surface area contributed by atoms with E-state index >= 15 is 0 Å². The zero-order chi connectivity index (χ0) is 13.2. The fourth-order valence-corrected chi connectivity index (χ4v) is 3.41. The van der Waals surface area contributed by atoms with Crippen molar-refractivity contribution in [3.8, 4) is 0 Å². The average molecular weight is 320 g/mol. The van der Waals surface area contributed by atoms with E-state index < -0.39 is 0 Å². The van der Waals surface area contributed by atoms with Crippen molar-refractivity contribution in [2.75, 3.05) is 0 Å². The molecule has 1 aliphatic rings. The van der Waals surface area contributed by atoms with Crippen molar-refractivity contribution < 1.29 is 4.79 Å². The fourth-order valence-electron chi connectivity index (χ4n) is 3.03. The largest absolute Gasteiger partial charge is 0.340 e. The molecule has 0 radical (unpaired) electrons. The van der Waals surface area contributed by atoms with Crippen LogP contribution >= 0.6 is 15.9 Å². The van der Waals surface area contributed by atoms with Crippen LogP contribution in [0.25, 0.3) is 10.9 Å². The highest BCUT2D eigenvalue weighted by molar-refractivity contribution is 9.10. The standard InChI is InChI=1S/C16H18BrNO/c17-14-6-7-15-13(10-14)8-9-18(15)11-16(19)12-4-2-1-3-5-12/h6-10,12H,1-5,11H2. The van der Waals surface area contributed by atoms with Crippen molar-refractivity contribution in [2.45, 2.75) is 38.6 Å². The van der Waals surface area contributed by atoms with Gasteiger partial charge < -0.3 is 4.57 Å². The molecule has 1 heterocycles. The molecule has 2 nitrogen and oxygen atoms in total. The Bertz CT molecular complexity index is 596. The molecule has 1 aromatic heterocycles. The molecule has 0 bridgehead atoms. The second kappa shape index (κ2) is 5.49. The van der Waals surface area contributed by atoms with Gasteiger partial charge in [0.25, 0.3) is 0 Å². The molecule has 2 aromatic rings. The highest BCUT2D eigenvalue weighted by atomic mass is 79.9. The fraction of sp³-hybridized carbons (Fsp3) is 0.438. The average Bonchev–Trinajstić information content (AvgIpc) is 2.82. The summed E-state index contributed by atoms with van der Waals surface area (Å²) in [5, 5.41) is 1.19. The number of carbonyl (C=O) groups excluding carboxylic acids is 1. The van der Waals surface area contributed by atoms with Crippen LogP contribution in [0.3, 0.4) is 0 Å². The Morgan fingerprint density at radius 1 is 1.21 bits per heavy atom. The van der Waals surface area contributed by atoms with Gasteiger partial charge in [0.05, 0.1) is 6.54 Å². The third kappa shape index (κ3) is 2.76. The quantitative estimate of drug-likeness (QED) is 0.813. The molecule has 0 spiro atoms. The Morgan fingerprint density at radius 3 is 2.79 bits per heavy atom. The van der Waals surface area contributed by atoms with Gasteiger partial charge in [0.2, 0.25) is 0 Å². The van der Waals surface area contributed by atoms with Crippen molar-refractivity contribution in [1.82, 2.24) is 4.57 Å². The van der Waals surface area contributed by atoms with Gasteiger partial charge in [0.15, 0.2) is 5.78 Å². The molecule has 0 unspecified atom stereocenters. The van der Waals surface area contributed by atoms with E-state index in [2.05, 4.69) is 38.7 Å². The van der Waals surface area contributed by atoms with Crippen LogP contribution in [0.15, 0.2) is 34.9 Å². The first-order valence-corrected chi connectivity index (χ1v) is 7.80. The number of rotatable bonds is 3. The molecule has 100 valence electrons. The minimum atomic E-state index is 0.293. The van der Waals surface area contributed by atoms with Gasteiger partial charge in [-0.3, -0.25) is 4.79 Å². The molecule has 3 heteroatoms. The lowest BCUT2D eigenvalue weighted by molar-refractivity contribution is -0.124. The van der Waals surface area contributed by atoms with Gasteiger partial charge in [-0.05, 0) is 37.1 Å². The van der Waals surface area contributed by atoms with Crippen LogP contribution in [0.1, 0.15) is 32.1 Å². The summed E-state index contributed by atoms with van der Waals surface area (Å²) in [6, 6.07) is 8.28. The Hall–Kier alpha value is -1.09. The number of benzene rings is 1. The minimum absolute atomic E-state index is 0.293. The molecule has 1 aliphatic carbocycles. The van der Waals surface area contributed by atoms with Crippen molar-refractivity contribution in [2.24, 2.45) is 5.92 Å².